The van der Waals surface area contributed by atoms with Crippen LogP contribution < -0.4 is 15.1 Å². The number of nitrogens with zero attached hydrogens (tertiary/aromatic N) is 6. The maximum Gasteiger partial charge on any atom is 0.154 e. The molecule has 37 heavy (non-hydrogen) atoms. The van der Waals surface area contributed by atoms with Gasteiger partial charge in [0.25, 0.3) is 0 Å². The lowest BCUT2D eigenvalue weighted by Crippen LogP contribution is -2.43. The Hall–Kier alpha value is -3.52. The zero-order valence-electron chi connectivity index (χ0n) is 20.9. The van der Waals surface area contributed by atoms with Gasteiger partial charge in [-0.1, -0.05) is 18.2 Å². The van der Waals surface area contributed by atoms with E-state index in [1.165, 1.54) is 18.9 Å². The largest absolute Gasteiger partial charge is 0.356 e. The van der Waals surface area contributed by atoms with E-state index >= 15 is 0 Å². The first-order valence-electron chi connectivity index (χ1n) is 13.6. The van der Waals surface area contributed by atoms with E-state index in [0.717, 1.165) is 85.6 Å². The van der Waals surface area contributed by atoms with Crippen LogP contribution in [0.4, 0.5) is 16.0 Å². The lowest BCUT2D eigenvalue weighted by Gasteiger charge is -2.33. The summed E-state index contributed by atoms with van der Waals surface area (Å²) in [5.74, 6) is 1.69. The smallest absolute Gasteiger partial charge is 0.154 e. The predicted octanol–water partition coefficient (Wildman–Crippen LogP) is 4.99. The summed E-state index contributed by atoms with van der Waals surface area (Å²) >= 11 is 0. The van der Waals surface area contributed by atoms with Crippen LogP contribution in [0.2, 0.25) is 0 Å². The summed E-state index contributed by atoms with van der Waals surface area (Å²) in [7, 11) is 0. The number of nitrogens with one attached hydrogen (secondary N) is 1. The van der Waals surface area contributed by atoms with E-state index < -0.39 is 0 Å². The fourth-order valence-electron chi connectivity index (χ4n) is 5.89. The van der Waals surface area contributed by atoms with E-state index in [1.807, 2.05) is 35.0 Å². The molecule has 3 fully saturated rings. The van der Waals surface area contributed by atoms with Crippen molar-refractivity contribution in [3.63, 3.8) is 0 Å². The van der Waals surface area contributed by atoms with Gasteiger partial charge in [-0.3, -0.25) is 0 Å². The van der Waals surface area contributed by atoms with Gasteiger partial charge >= 0.3 is 0 Å². The van der Waals surface area contributed by atoms with Crippen molar-refractivity contribution in [3.8, 4) is 11.4 Å². The molecule has 0 bridgehead atoms. The average Bonchev–Trinajstić information content (AvgIpc) is 3.44. The van der Waals surface area contributed by atoms with Crippen LogP contribution in [0.5, 0.6) is 0 Å². The van der Waals surface area contributed by atoms with Crippen molar-refractivity contribution in [2.75, 3.05) is 29.4 Å². The van der Waals surface area contributed by atoms with Gasteiger partial charge in [-0.15, -0.1) is 5.10 Å². The molecule has 7 rings (SSSR count). The zero-order chi connectivity index (χ0) is 24.8. The summed E-state index contributed by atoms with van der Waals surface area (Å²) < 4.78 is 15.8. The Morgan fingerprint density at radius 2 is 1.68 bits per heavy atom. The molecule has 8 heteroatoms. The molecular weight excluding hydrogens is 465 g/mol. The molecule has 4 aromatic rings. The fraction of sp³-hybridized carbons (Fsp3) is 0.414. The molecule has 7 nitrogen and oxygen atoms in total. The standard InChI is InChI=1S/C29H32FN7/c30-21-5-1-4-20(18-21)25-7-3-15-36(25)29-12-11-27-31-19-26(37(27)34-29)24-6-2-8-28(33-24)35-16-13-23(14-17-35)32-22-9-10-22/h1-2,4-6,8,11-12,18-19,22-23,25,32H,3,7,9-10,13-17H2. The quantitative estimate of drug-likeness (QED) is 0.405. The third-order valence-corrected chi connectivity index (χ3v) is 7.99. The van der Waals surface area contributed by atoms with Gasteiger partial charge in [-0.05, 0) is 80.5 Å². The number of piperidine rings is 1. The van der Waals surface area contributed by atoms with Crippen LogP contribution in [0.1, 0.15) is 50.1 Å². The second-order valence-corrected chi connectivity index (χ2v) is 10.6. The van der Waals surface area contributed by atoms with Crippen molar-refractivity contribution < 1.29 is 4.39 Å². The van der Waals surface area contributed by atoms with Crippen molar-refractivity contribution >= 4 is 17.3 Å². The highest BCUT2D eigenvalue weighted by molar-refractivity contribution is 5.62. The van der Waals surface area contributed by atoms with Crippen LogP contribution >= 0.6 is 0 Å². The Kier molecular flexibility index (Phi) is 5.76. The van der Waals surface area contributed by atoms with Gasteiger partial charge in [0.1, 0.15) is 23.1 Å². The average molecular weight is 498 g/mol. The summed E-state index contributed by atoms with van der Waals surface area (Å²) in [6.07, 6.45) is 8.88. The van der Waals surface area contributed by atoms with E-state index in [1.54, 1.807) is 12.1 Å². The number of fused-ring (bicyclic) bond motifs is 1. The van der Waals surface area contributed by atoms with Crippen molar-refractivity contribution in [3.05, 3.63) is 72.2 Å². The fourth-order valence-corrected chi connectivity index (χ4v) is 5.89. The third-order valence-electron chi connectivity index (χ3n) is 7.99. The van der Waals surface area contributed by atoms with E-state index in [2.05, 4.69) is 32.2 Å². The topological polar surface area (TPSA) is 61.6 Å². The monoisotopic (exact) mass is 497 g/mol. The maximum absolute atomic E-state index is 13.9. The molecule has 1 N–H and O–H groups in total. The summed E-state index contributed by atoms with van der Waals surface area (Å²) in [6, 6.07) is 18.7. The molecule has 1 aliphatic carbocycles. The molecule has 3 aromatic heterocycles. The number of hydrogen-bond acceptors (Lipinski definition) is 6. The van der Waals surface area contributed by atoms with Crippen LogP contribution in [0.15, 0.2) is 60.8 Å². The van der Waals surface area contributed by atoms with Crippen molar-refractivity contribution in [1.29, 1.82) is 0 Å². The van der Waals surface area contributed by atoms with Gasteiger partial charge in [0, 0.05) is 31.7 Å². The number of pyridine rings is 1. The van der Waals surface area contributed by atoms with Gasteiger partial charge in [0.2, 0.25) is 0 Å². The molecular formula is C29H32FN7. The highest BCUT2D eigenvalue weighted by atomic mass is 19.1. The number of rotatable bonds is 6. The van der Waals surface area contributed by atoms with E-state index in [-0.39, 0.29) is 11.9 Å². The first-order chi connectivity index (χ1) is 18.2. The molecule has 1 aromatic carbocycles. The van der Waals surface area contributed by atoms with E-state index in [4.69, 9.17) is 10.1 Å². The van der Waals surface area contributed by atoms with Crippen molar-refractivity contribution in [1.82, 2.24) is 24.9 Å². The Labute approximate surface area is 216 Å². The van der Waals surface area contributed by atoms with Gasteiger partial charge in [-0.25, -0.2) is 18.9 Å². The first kappa shape index (κ1) is 22.7. The number of aromatic nitrogens is 4. The zero-order valence-corrected chi connectivity index (χ0v) is 20.9. The molecule has 3 aliphatic rings. The maximum atomic E-state index is 13.9. The number of anilines is 2. The summed E-state index contributed by atoms with van der Waals surface area (Å²) in [5, 5.41) is 8.78. The Bertz CT molecular complexity index is 1410. The van der Waals surface area contributed by atoms with Crippen molar-refractivity contribution in [2.45, 2.75) is 56.7 Å². The lowest BCUT2D eigenvalue weighted by molar-refractivity contribution is 0.411. The van der Waals surface area contributed by atoms with Gasteiger partial charge in [0.05, 0.1) is 17.9 Å². The molecule has 190 valence electrons. The molecule has 1 atom stereocenters. The second-order valence-electron chi connectivity index (χ2n) is 10.6. The molecule has 2 saturated heterocycles. The van der Waals surface area contributed by atoms with E-state index in [0.29, 0.717) is 6.04 Å². The Balaban J connectivity index is 1.15. The molecule has 0 amide bonds. The number of benzene rings is 1. The Morgan fingerprint density at radius 1 is 0.838 bits per heavy atom. The van der Waals surface area contributed by atoms with Crippen LogP contribution in [-0.2, 0) is 0 Å². The highest BCUT2D eigenvalue weighted by Crippen LogP contribution is 2.36. The van der Waals surface area contributed by atoms with Crippen LogP contribution in [-0.4, -0.2) is 51.3 Å². The normalized spacial score (nSPS) is 20.7. The molecule has 0 spiro atoms. The summed E-state index contributed by atoms with van der Waals surface area (Å²) in [4.78, 5) is 14.3. The minimum atomic E-state index is -0.195. The lowest BCUT2D eigenvalue weighted by atomic mass is 10.0. The van der Waals surface area contributed by atoms with Crippen LogP contribution in [0.3, 0.4) is 0 Å². The van der Waals surface area contributed by atoms with Gasteiger partial charge in [0.15, 0.2) is 5.65 Å². The number of imidazole rings is 1. The molecule has 5 heterocycles. The first-order valence-corrected chi connectivity index (χ1v) is 13.6. The Morgan fingerprint density at radius 3 is 2.51 bits per heavy atom. The van der Waals surface area contributed by atoms with Gasteiger partial charge < -0.3 is 15.1 Å². The van der Waals surface area contributed by atoms with E-state index in [9.17, 15) is 4.39 Å². The summed E-state index contributed by atoms with van der Waals surface area (Å²) in [5.41, 5.74) is 3.54. The third kappa shape index (κ3) is 4.55. The summed E-state index contributed by atoms with van der Waals surface area (Å²) in [6.45, 7) is 2.93. The van der Waals surface area contributed by atoms with Crippen LogP contribution in [0.25, 0.3) is 17.0 Å². The molecule has 0 radical (unpaired) electrons. The minimum Gasteiger partial charge on any atom is -0.356 e. The molecule has 2 aliphatic heterocycles. The predicted molar refractivity (Wildman–Crippen MR) is 143 cm³/mol. The van der Waals surface area contributed by atoms with Gasteiger partial charge in [-0.2, -0.15) is 0 Å². The number of hydrogen-bond donors (Lipinski definition) is 1. The highest BCUT2D eigenvalue weighted by Gasteiger charge is 2.29. The minimum absolute atomic E-state index is 0.117. The number of halogens is 1. The van der Waals surface area contributed by atoms with Crippen molar-refractivity contribution in [2.24, 2.45) is 0 Å². The molecule has 1 saturated carbocycles. The van der Waals surface area contributed by atoms with Crippen LogP contribution in [0, 0.1) is 5.82 Å². The SMILES string of the molecule is Fc1cccc(C2CCCN2c2ccc3ncc(-c4cccc(N5CCC(NC6CC6)CC5)n4)n3n2)c1. The second kappa shape index (κ2) is 9.41. The molecule has 1 unspecified atom stereocenters.